The molecular weight excluding hydrogens is 378 g/mol. The van der Waals surface area contributed by atoms with Crippen molar-refractivity contribution in [2.24, 2.45) is 13.0 Å². The quantitative estimate of drug-likeness (QED) is 0.457. The Hall–Kier alpha value is -2.79. The highest BCUT2D eigenvalue weighted by atomic mass is 35.5. The van der Waals surface area contributed by atoms with E-state index in [4.69, 9.17) is 21.1 Å². The van der Waals surface area contributed by atoms with E-state index in [9.17, 15) is 9.59 Å². The van der Waals surface area contributed by atoms with Crippen LogP contribution in [0.1, 0.15) is 23.5 Å². The molecule has 0 saturated carbocycles. The number of carbonyl (C=O) groups excluding carboxylic acids is 2. The number of hydrogen-bond donors (Lipinski definition) is 0. The standard InChI is InChI=1S/C22H22ClNO4/c1-24-13-19(16-6-4-5-7-20(16)24)17(14-8-10-15(23)11-9-14)12-18(21(25)27-2)22(26)28-3/h4-11,13,17-18H,12H2,1-3H3. The lowest BCUT2D eigenvalue weighted by Gasteiger charge is -2.21. The maximum absolute atomic E-state index is 12.3. The number of para-hydroxylation sites is 1. The SMILES string of the molecule is COC(=O)C(CC(c1ccc(Cl)cc1)c1cn(C)c2ccccc12)C(=O)OC. The van der Waals surface area contributed by atoms with Crippen LogP contribution in [-0.4, -0.2) is 30.7 Å². The van der Waals surface area contributed by atoms with Gasteiger partial charge in [-0.05, 0) is 35.7 Å². The van der Waals surface area contributed by atoms with Gasteiger partial charge in [-0.25, -0.2) is 0 Å². The summed E-state index contributed by atoms with van der Waals surface area (Å²) in [4.78, 5) is 24.6. The predicted molar refractivity (Wildman–Crippen MR) is 108 cm³/mol. The molecule has 1 heterocycles. The fourth-order valence-corrected chi connectivity index (χ4v) is 3.72. The van der Waals surface area contributed by atoms with E-state index in [2.05, 4.69) is 0 Å². The molecule has 5 nitrogen and oxygen atoms in total. The molecule has 2 aromatic carbocycles. The number of fused-ring (bicyclic) bond motifs is 1. The van der Waals surface area contributed by atoms with Crippen molar-refractivity contribution in [1.29, 1.82) is 0 Å². The minimum absolute atomic E-state index is 0.216. The Labute approximate surface area is 168 Å². The van der Waals surface area contributed by atoms with Gasteiger partial charge in [0, 0.05) is 35.1 Å². The van der Waals surface area contributed by atoms with E-state index in [1.807, 2.05) is 54.2 Å². The fraction of sp³-hybridized carbons (Fsp3) is 0.273. The molecule has 6 heteroatoms. The average Bonchev–Trinajstić information content (AvgIpc) is 3.05. The molecule has 0 bridgehead atoms. The zero-order chi connectivity index (χ0) is 20.3. The second kappa shape index (κ2) is 8.48. The van der Waals surface area contributed by atoms with Crippen molar-refractivity contribution in [1.82, 2.24) is 4.57 Å². The lowest BCUT2D eigenvalue weighted by molar-refractivity contribution is -0.159. The Balaban J connectivity index is 2.13. The molecule has 1 atom stereocenters. The number of aryl methyl sites for hydroxylation is 1. The summed E-state index contributed by atoms with van der Waals surface area (Å²) in [5, 5.41) is 1.69. The molecule has 0 aliphatic rings. The summed E-state index contributed by atoms with van der Waals surface area (Å²) < 4.78 is 11.7. The average molecular weight is 400 g/mol. The van der Waals surface area contributed by atoms with E-state index in [1.165, 1.54) is 14.2 Å². The van der Waals surface area contributed by atoms with Crippen molar-refractivity contribution in [2.75, 3.05) is 14.2 Å². The van der Waals surface area contributed by atoms with Crippen LogP contribution < -0.4 is 0 Å². The van der Waals surface area contributed by atoms with Crippen molar-refractivity contribution in [3.63, 3.8) is 0 Å². The Bertz CT molecular complexity index is 977. The highest BCUT2D eigenvalue weighted by Crippen LogP contribution is 2.37. The van der Waals surface area contributed by atoms with Crippen LogP contribution in [0.3, 0.4) is 0 Å². The molecule has 0 amide bonds. The first-order valence-electron chi connectivity index (χ1n) is 8.91. The molecule has 0 N–H and O–H groups in total. The number of ether oxygens (including phenoxy) is 2. The third-order valence-corrected chi connectivity index (χ3v) is 5.27. The van der Waals surface area contributed by atoms with Gasteiger partial charge in [0.25, 0.3) is 0 Å². The first kappa shape index (κ1) is 20.0. The highest BCUT2D eigenvalue weighted by molar-refractivity contribution is 6.30. The Morgan fingerprint density at radius 1 is 1.00 bits per heavy atom. The van der Waals surface area contributed by atoms with Gasteiger partial charge in [0.1, 0.15) is 0 Å². The summed E-state index contributed by atoms with van der Waals surface area (Å²) in [7, 11) is 4.52. The van der Waals surface area contributed by atoms with Gasteiger partial charge in [-0.15, -0.1) is 0 Å². The van der Waals surface area contributed by atoms with Crippen LogP contribution in [0.2, 0.25) is 5.02 Å². The second-order valence-corrected chi connectivity index (χ2v) is 7.09. The molecule has 146 valence electrons. The van der Waals surface area contributed by atoms with E-state index in [1.54, 1.807) is 12.1 Å². The van der Waals surface area contributed by atoms with Crippen LogP contribution in [0.5, 0.6) is 0 Å². The molecule has 1 unspecified atom stereocenters. The molecule has 0 fully saturated rings. The van der Waals surface area contributed by atoms with Crippen molar-refractivity contribution in [2.45, 2.75) is 12.3 Å². The van der Waals surface area contributed by atoms with E-state index >= 15 is 0 Å². The van der Waals surface area contributed by atoms with Gasteiger partial charge >= 0.3 is 11.9 Å². The number of esters is 2. The number of halogens is 1. The number of nitrogens with zero attached hydrogens (tertiary/aromatic N) is 1. The molecule has 28 heavy (non-hydrogen) atoms. The van der Waals surface area contributed by atoms with E-state index in [-0.39, 0.29) is 12.3 Å². The van der Waals surface area contributed by atoms with Crippen LogP contribution in [0.4, 0.5) is 0 Å². The van der Waals surface area contributed by atoms with Crippen LogP contribution in [0.15, 0.2) is 54.7 Å². The van der Waals surface area contributed by atoms with E-state index in [0.29, 0.717) is 5.02 Å². The Kier molecular flexibility index (Phi) is 6.05. The summed E-state index contributed by atoms with van der Waals surface area (Å²) in [5.41, 5.74) is 3.06. The first-order chi connectivity index (χ1) is 13.5. The van der Waals surface area contributed by atoms with Crippen LogP contribution >= 0.6 is 11.6 Å². The minimum atomic E-state index is -1.02. The van der Waals surface area contributed by atoms with Gasteiger partial charge in [0.2, 0.25) is 0 Å². The zero-order valence-corrected chi connectivity index (χ0v) is 16.8. The van der Waals surface area contributed by atoms with Crippen molar-refractivity contribution < 1.29 is 19.1 Å². The number of hydrogen-bond acceptors (Lipinski definition) is 4. The molecular formula is C22H22ClNO4. The third-order valence-electron chi connectivity index (χ3n) is 5.02. The van der Waals surface area contributed by atoms with Crippen molar-refractivity contribution in [3.05, 3.63) is 70.9 Å². The van der Waals surface area contributed by atoms with Gasteiger partial charge in [-0.2, -0.15) is 0 Å². The smallest absolute Gasteiger partial charge is 0.320 e. The molecule has 0 aliphatic carbocycles. The van der Waals surface area contributed by atoms with Crippen molar-refractivity contribution >= 4 is 34.4 Å². The van der Waals surface area contributed by atoms with Gasteiger partial charge < -0.3 is 14.0 Å². The molecule has 1 aromatic heterocycles. The van der Waals surface area contributed by atoms with Gasteiger partial charge in [0.05, 0.1) is 14.2 Å². The Morgan fingerprint density at radius 2 is 1.61 bits per heavy atom. The molecule has 3 rings (SSSR count). The second-order valence-electron chi connectivity index (χ2n) is 6.65. The fourth-order valence-electron chi connectivity index (χ4n) is 3.60. The molecule has 0 radical (unpaired) electrons. The maximum atomic E-state index is 12.3. The van der Waals surface area contributed by atoms with Gasteiger partial charge in [0.15, 0.2) is 5.92 Å². The number of carbonyl (C=O) groups is 2. The topological polar surface area (TPSA) is 57.5 Å². The first-order valence-corrected chi connectivity index (χ1v) is 9.29. The molecule has 0 saturated heterocycles. The van der Waals surface area contributed by atoms with Gasteiger partial charge in [-0.3, -0.25) is 9.59 Å². The van der Waals surface area contributed by atoms with Crippen molar-refractivity contribution in [3.8, 4) is 0 Å². The predicted octanol–water partition coefficient (Wildman–Crippen LogP) is 4.32. The lowest BCUT2D eigenvalue weighted by atomic mass is 9.83. The number of benzene rings is 2. The lowest BCUT2D eigenvalue weighted by Crippen LogP contribution is -2.28. The summed E-state index contributed by atoms with van der Waals surface area (Å²) in [6.45, 7) is 0. The van der Waals surface area contributed by atoms with E-state index in [0.717, 1.165) is 22.0 Å². The zero-order valence-electron chi connectivity index (χ0n) is 16.0. The Morgan fingerprint density at radius 3 is 2.21 bits per heavy atom. The number of rotatable bonds is 6. The summed E-state index contributed by atoms with van der Waals surface area (Å²) in [6, 6.07) is 15.5. The molecule has 3 aromatic rings. The highest BCUT2D eigenvalue weighted by Gasteiger charge is 2.33. The van der Waals surface area contributed by atoms with Crippen LogP contribution in [-0.2, 0) is 26.1 Å². The number of methoxy groups -OCH3 is 2. The minimum Gasteiger partial charge on any atom is -0.468 e. The monoisotopic (exact) mass is 399 g/mol. The number of aromatic nitrogens is 1. The van der Waals surface area contributed by atoms with Crippen LogP contribution in [0, 0.1) is 5.92 Å². The van der Waals surface area contributed by atoms with Gasteiger partial charge in [-0.1, -0.05) is 41.9 Å². The van der Waals surface area contributed by atoms with E-state index < -0.39 is 17.9 Å². The third kappa shape index (κ3) is 3.90. The normalized spacial score (nSPS) is 12.2. The molecule has 0 aliphatic heterocycles. The van der Waals surface area contributed by atoms with Crippen LogP contribution in [0.25, 0.3) is 10.9 Å². The largest absolute Gasteiger partial charge is 0.468 e. The summed E-state index contributed by atoms with van der Waals surface area (Å²) in [5.74, 6) is -2.45. The maximum Gasteiger partial charge on any atom is 0.320 e. The summed E-state index contributed by atoms with van der Waals surface area (Å²) >= 11 is 6.06. The molecule has 0 spiro atoms. The summed E-state index contributed by atoms with van der Waals surface area (Å²) in [6.07, 6.45) is 2.27.